The van der Waals surface area contributed by atoms with Gasteiger partial charge in [0.2, 0.25) is 0 Å². The fraction of sp³-hybridized carbons (Fsp3) is 0.667. The summed E-state index contributed by atoms with van der Waals surface area (Å²) >= 11 is 2.04. The zero-order valence-electron chi connectivity index (χ0n) is 7.18. The first-order valence-corrected chi connectivity index (χ1v) is 5.27. The van der Waals surface area contributed by atoms with Crippen molar-refractivity contribution in [1.82, 2.24) is 0 Å². The van der Waals surface area contributed by atoms with Crippen molar-refractivity contribution in [3.8, 4) is 0 Å². The van der Waals surface area contributed by atoms with E-state index in [9.17, 15) is 4.79 Å². The van der Waals surface area contributed by atoms with Gasteiger partial charge in [-0.15, -0.1) is 0 Å². The molecule has 0 aromatic rings. The number of carbonyl (C=O) groups is 1. The predicted octanol–water partition coefficient (Wildman–Crippen LogP) is 2.67. The van der Waals surface area contributed by atoms with Crippen molar-refractivity contribution in [2.75, 3.05) is 7.11 Å². The SMILES string of the molecule is COC(=O)/C(I)=C/C1CCCC1. The van der Waals surface area contributed by atoms with Crippen LogP contribution in [0.2, 0.25) is 0 Å². The van der Waals surface area contributed by atoms with Crippen LogP contribution in [0.15, 0.2) is 9.66 Å². The fourth-order valence-corrected chi connectivity index (χ4v) is 2.23. The van der Waals surface area contributed by atoms with Gasteiger partial charge >= 0.3 is 5.97 Å². The Balaban J connectivity index is 2.48. The van der Waals surface area contributed by atoms with Crippen LogP contribution in [0.1, 0.15) is 25.7 Å². The number of methoxy groups -OCH3 is 1. The van der Waals surface area contributed by atoms with Gasteiger partial charge in [-0.05, 0) is 41.4 Å². The van der Waals surface area contributed by atoms with Gasteiger partial charge in [-0.3, -0.25) is 0 Å². The van der Waals surface area contributed by atoms with E-state index in [1.807, 2.05) is 28.7 Å². The van der Waals surface area contributed by atoms with E-state index < -0.39 is 0 Å². The smallest absolute Gasteiger partial charge is 0.343 e. The van der Waals surface area contributed by atoms with E-state index in [0.29, 0.717) is 5.92 Å². The Morgan fingerprint density at radius 1 is 1.50 bits per heavy atom. The van der Waals surface area contributed by atoms with E-state index in [1.54, 1.807) is 0 Å². The van der Waals surface area contributed by atoms with Gasteiger partial charge in [0.15, 0.2) is 0 Å². The molecule has 0 radical (unpaired) electrons. The molecule has 2 nitrogen and oxygen atoms in total. The summed E-state index contributed by atoms with van der Waals surface area (Å²) in [5.74, 6) is 0.401. The zero-order chi connectivity index (χ0) is 8.97. The molecular formula is C9H13IO2. The number of allylic oxidation sites excluding steroid dienone is 1. The number of hydrogen-bond acceptors (Lipinski definition) is 2. The second kappa shape index (κ2) is 4.84. The molecule has 0 aliphatic heterocycles. The topological polar surface area (TPSA) is 26.3 Å². The minimum absolute atomic E-state index is 0.206. The first-order valence-electron chi connectivity index (χ1n) is 4.19. The van der Waals surface area contributed by atoms with Gasteiger partial charge in [0.05, 0.1) is 10.7 Å². The van der Waals surface area contributed by atoms with E-state index in [4.69, 9.17) is 0 Å². The van der Waals surface area contributed by atoms with Crippen molar-refractivity contribution in [1.29, 1.82) is 0 Å². The Hall–Kier alpha value is -0.0600. The third kappa shape index (κ3) is 2.77. The third-order valence-electron chi connectivity index (χ3n) is 2.16. The van der Waals surface area contributed by atoms with E-state index in [0.717, 1.165) is 3.58 Å². The zero-order valence-corrected chi connectivity index (χ0v) is 9.34. The first-order chi connectivity index (χ1) is 5.74. The van der Waals surface area contributed by atoms with E-state index in [1.165, 1.54) is 32.8 Å². The largest absolute Gasteiger partial charge is 0.465 e. The summed E-state index contributed by atoms with van der Waals surface area (Å²) in [7, 11) is 1.42. The van der Waals surface area contributed by atoms with Crippen LogP contribution < -0.4 is 0 Å². The number of ether oxygens (including phenoxy) is 1. The molecule has 12 heavy (non-hydrogen) atoms. The van der Waals surface area contributed by atoms with Crippen molar-refractivity contribution in [2.24, 2.45) is 5.92 Å². The van der Waals surface area contributed by atoms with Crippen LogP contribution in [0.5, 0.6) is 0 Å². The summed E-state index contributed by atoms with van der Waals surface area (Å²) < 4.78 is 5.33. The van der Waals surface area contributed by atoms with Gasteiger partial charge in [-0.1, -0.05) is 18.9 Å². The van der Waals surface area contributed by atoms with Crippen LogP contribution in [0.3, 0.4) is 0 Å². The van der Waals surface area contributed by atoms with E-state index >= 15 is 0 Å². The van der Waals surface area contributed by atoms with Crippen LogP contribution >= 0.6 is 22.6 Å². The Morgan fingerprint density at radius 3 is 2.58 bits per heavy atom. The molecule has 0 heterocycles. The Bertz CT molecular complexity index is 193. The summed E-state index contributed by atoms with van der Waals surface area (Å²) in [6.07, 6.45) is 7.09. The van der Waals surface area contributed by atoms with E-state index in [2.05, 4.69) is 4.74 Å². The average Bonchev–Trinajstić information content (AvgIpc) is 2.55. The maximum absolute atomic E-state index is 11.0. The Labute approximate surface area is 86.5 Å². The molecule has 0 aromatic heterocycles. The molecule has 0 saturated heterocycles. The molecule has 0 spiro atoms. The monoisotopic (exact) mass is 280 g/mol. The molecule has 3 heteroatoms. The van der Waals surface area contributed by atoms with Crippen LogP contribution in [-0.2, 0) is 9.53 Å². The molecule has 1 aliphatic rings. The average molecular weight is 280 g/mol. The second-order valence-electron chi connectivity index (χ2n) is 3.05. The van der Waals surface area contributed by atoms with Gasteiger partial charge in [-0.2, -0.15) is 0 Å². The number of esters is 1. The van der Waals surface area contributed by atoms with Gasteiger partial charge in [0, 0.05) is 0 Å². The summed E-state index contributed by atoms with van der Waals surface area (Å²) in [6.45, 7) is 0. The van der Waals surface area contributed by atoms with Crippen LogP contribution in [-0.4, -0.2) is 13.1 Å². The number of rotatable bonds is 2. The lowest BCUT2D eigenvalue weighted by atomic mass is 10.1. The highest BCUT2D eigenvalue weighted by Crippen LogP contribution is 2.28. The van der Waals surface area contributed by atoms with Crippen molar-refractivity contribution in [3.05, 3.63) is 9.66 Å². The molecule has 1 aliphatic carbocycles. The lowest BCUT2D eigenvalue weighted by Crippen LogP contribution is -2.01. The number of carbonyl (C=O) groups excluding carboxylic acids is 1. The molecule has 1 rings (SSSR count). The minimum Gasteiger partial charge on any atom is -0.465 e. The highest BCUT2D eigenvalue weighted by atomic mass is 127. The molecule has 1 saturated carbocycles. The summed E-state index contributed by atoms with van der Waals surface area (Å²) in [4.78, 5) is 11.0. The van der Waals surface area contributed by atoms with Gasteiger partial charge in [0.25, 0.3) is 0 Å². The molecule has 0 atom stereocenters. The Morgan fingerprint density at radius 2 is 2.08 bits per heavy atom. The normalized spacial score (nSPS) is 19.7. The predicted molar refractivity (Wildman–Crippen MR) is 56.1 cm³/mol. The summed E-state index contributed by atoms with van der Waals surface area (Å²) in [6, 6.07) is 0. The maximum atomic E-state index is 11.0. The second-order valence-corrected chi connectivity index (χ2v) is 4.21. The number of hydrogen-bond donors (Lipinski definition) is 0. The lowest BCUT2D eigenvalue weighted by molar-refractivity contribution is -0.135. The van der Waals surface area contributed by atoms with Gasteiger partial charge in [0.1, 0.15) is 0 Å². The quantitative estimate of drug-likeness (QED) is 0.441. The highest BCUT2D eigenvalue weighted by molar-refractivity contribution is 14.1. The van der Waals surface area contributed by atoms with E-state index in [-0.39, 0.29) is 5.97 Å². The van der Waals surface area contributed by atoms with Crippen molar-refractivity contribution >= 4 is 28.6 Å². The lowest BCUT2D eigenvalue weighted by Gasteiger charge is -2.02. The van der Waals surface area contributed by atoms with Crippen LogP contribution in [0, 0.1) is 5.92 Å². The molecule has 68 valence electrons. The molecule has 0 bridgehead atoms. The van der Waals surface area contributed by atoms with Crippen molar-refractivity contribution < 1.29 is 9.53 Å². The molecule has 0 aromatic carbocycles. The van der Waals surface area contributed by atoms with Crippen molar-refractivity contribution in [3.63, 3.8) is 0 Å². The molecule has 0 unspecified atom stereocenters. The van der Waals surface area contributed by atoms with Gasteiger partial charge in [-0.25, -0.2) is 4.79 Å². The number of halogens is 1. The van der Waals surface area contributed by atoms with Crippen molar-refractivity contribution in [2.45, 2.75) is 25.7 Å². The molecule has 0 amide bonds. The standard InChI is InChI=1S/C9H13IO2/c1-12-9(11)8(10)6-7-4-2-3-5-7/h6-7H,2-5H2,1H3/b8-6-. The first kappa shape index (κ1) is 10.0. The maximum Gasteiger partial charge on any atom is 0.343 e. The van der Waals surface area contributed by atoms with Crippen LogP contribution in [0.25, 0.3) is 0 Å². The third-order valence-corrected chi connectivity index (χ3v) is 2.96. The van der Waals surface area contributed by atoms with Gasteiger partial charge < -0.3 is 4.74 Å². The molecule has 1 fully saturated rings. The molecular weight excluding hydrogens is 267 g/mol. The summed E-state index contributed by atoms with van der Waals surface area (Å²) in [5, 5.41) is 0. The summed E-state index contributed by atoms with van der Waals surface area (Å²) in [5.41, 5.74) is 0. The fourth-order valence-electron chi connectivity index (χ4n) is 1.50. The molecule has 0 N–H and O–H groups in total. The highest BCUT2D eigenvalue weighted by Gasteiger charge is 2.15. The Kier molecular flexibility index (Phi) is 4.05. The van der Waals surface area contributed by atoms with Crippen LogP contribution in [0.4, 0.5) is 0 Å². The minimum atomic E-state index is -0.206.